The van der Waals surface area contributed by atoms with Crippen molar-refractivity contribution in [1.82, 2.24) is 9.78 Å². The molecule has 0 saturated carbocycles. The number of aromatic hydroxyl groups is 1. The van der Waals surface area contributed by atoms with Gasteiger partial charge >= 0.3 is 0 Å². The zero-order valence-electron chi connectivity index (χ0n) is 9.24. The summed E-state index contributed by atoms with van der Waals surface area (Å²) in [7, 11) is 0. The molecule has 84 valence electrons. The minimum atomic E-state index is -0.250. The summed E-state index contributed by atoms with van der Waals surface area (Å²) < 4.78 is 14.4. The Bertz CT molecular complexity index is 502. The molecule has 1 aromatic heterocycles. The number of hydrogen-bond donors (Lipinski definition) is 1. The summed E-state index contributed by atoms with van der Waals surface area (Å²) in [5.41, 5.74) is 2.29. The Morgan fingerprint density at radius 1 is 1.25 bits per heavy atom. The molecule has 3 nitrogen and oxygen atoms in total. The second kappa shape index (κ2) is 3.96. The van der Waals surface area contributed by atoms with Crippen LogP contribution in [0.15, 0.2) is 24.3 Å². The lowest BCUT2D eigenvalue weighted by atomic mass is 10.2. The lowest BCUT2D eigenvalue weighted by Crippen LogP contribution is -2.03. The summed E-state index contributed by atoms with van der Waals surface area (Å²) in [5.74, 6) is -0.0259. The molecule has 2 rings (SSSR count). The molecule has 0 aliphatic carbocycles. The van der Waals surface area contributed by atoms with E-state index in [1.165, 1.54) is 12.1 Å². The van der Waals surface area contributed by atoms with Gasteiger partial charge in [-0.2, -0.15) is 5.10 Å². The van der Waals surface area contributed by atoms with Crippen molar-refractivity contribution in [3.8, 4) is 5.75 Å². The van der Waals surface area contributed by atoms with E-state index < -0.39 is 0 Å². The molecule has 0 radical (unpaired) electrons. The maximum atomic E-state index is 12.7. The van der Waals surface area contributed by atoms with Gasteiger partial charge in [-0.25, -0.2) is 4.39 Å². The van der Waals surface area contributed by atoms with E-state index >= 15 is 0 Å². The van der Waals surface area contributed by atoms with Gasteiger partial charge in [0.2, 0.25) is 0 Å². The van der Waals surface area contributed by atoms with E-state index in [9.17, 15) is 9.50 Å². The van der Waals surface area contributed by atoms with Gasteiger partial charge in [-0.1, -0.05) is 12.1 Å². The zero-order valence-corrected chi connectivity index (χ0v) is 9.24. The van der Waals surface area contributed by atoms with Crippen LogP contribution in [0.1, 0.15) is 17.0 Å². The Hall–Kier alpha value is -1.84. The molecule has 2 aromatic rings. The molecular weight excluding hydrogens is 207 g/mol. The third-order valence-corrected chi connectivity index (χ3v) is 2.59. The van der Waals surface area contributed by atoms with Crippen molar-refractivity contribution >= 4 is 0 Å². The summed E-state index contributed by atoms with van der Waals surface area (Å²) >= 11 is 0. The van der Waals surface area contributed by atoms with Crippen LogP contribution in [0.25, 0.3) is 0 Å². The minimum Gasteiger partial charge on any atom is -0.504 e. The van der Waals surface area contributed by atoms with Crippen LogP contribution in [-0.2, 0) is 6.54 Å². The average molecular weight is 220 g/mol. The van der Waals surface area contributed by atoms with E-state index in [-0.39, 0.29) is 11.6 Å². The van der Waals surface area contributed by atoms with Crippen molar-refractivity contribution in [2.24, 2.45) is 0 Å². The van der Waals surface area contributed by atoms with Crippen LogP contribution in [0.3, 0.4) is 0 Å². The number of halogens is 1. The Labute approximate surface area is 93.2 Å². The fourth-order valence-electron chi connectivity index (χ4n) is 1.60. The second-order valence-electron chi connectivity index (χ2n) is 3.80. The minimum absolute atomic E-state index is 0.224. The second-order valence-corrected chi connectivity index (χ2v) is 3.80. The topological polar surface area (TPSA) is 38.0 Å². The van der Waals surface area contributed by atoms with E-state index in [1.807, 2.05) is 0 Å². The van der Waals surface area contributed by atoms with Gasteiger partial charge in [0.1, 0.15) is 11.5 Å². The number of nitrogens with zero attached hydrogens (tertiary/aromatic N) is 2. The van der Waals surface area contributed by atoms with Crippen LogP contribution in [0.2, 0.25) is 0 Å². The van der Waals surface area contributed by atoms with Gasteiger partial charge in [0.05, 0.1) is 12.2 Å². The highest BCUT2D eigenvalue weighted by atomic mass is 19.1. The first-order valence-electron chi connectivity index (χ1n) is 5.05. The Balaban J connectivity index is 2.27. The summed E-state index contributed by atoms with van der Waals surface area (Å²) in [5, 5.41) is 13.8. The Morgan fingerprint density at radius 3 is 2.38 bits per heavy atom. The number of aryl methyl sites for hydroxylation is 1. The molecule has 0 fully saturated rings. The zero-order chi connectivity index (χ0) is 11.7. The van der Waals surface area contributed by atoms with Gasteiger partial charge in [0.25, 0.3) is 0 Å². The van der Waals surface area contributed by atoms with Gasteiger partial charge in [-0.15, -0.1) is 0 Å². The summed E-state index contributed by atoms with van der Waals surface area (Å²) in [4.78, 5) is 0. The molecule has 0 aliphatic heterocycles. The predicted octanol–water partition coefficient (Wildman–Crippen LogP) is 2.39. The highest BCUT2D eigenvalue weighted by molar-refractivity contribution is 5.30. The molecule has 1 aromatic carbocycles. The van der Waals surface area contributed by atoms with Gasteiger partial charge in [0.15, 0.2) is 5.75 Å². The van der Waals surface area contributed by atoms with E-state index in [2.05, 4.69) is 5.10 Å². The van der Waals surface area contributed by atoms with Crippen LogP contribution in [-0.4, -0.2) is 14.9 Å². The van der Waals surface area contributed by atoms with Crippen molar-refractivity contribution in [2.75, 3.05) is 0 Å². The van der Waals surface area contributed by atoms with Crippen LogP contribution >= 0.6 is 0 Å². The van der Waals surface area contributed by atoms with Crippen molar-refractivity contribution in [3.05, 3.63) is 47.0 Å². The highest BCUT2D eigenvalue weighted by Crippen LogP contribution is 2.20. The first-order valence-corrected chi connectivity index (χ1v) is 5.05. The van der Waals surface area contributed by atoms with E-state index in [0.717, 1.165) is 11.3 Å². The lowest BCUT2D eigenvalue weighted by molar-refractivity contribution is 0.465. The largest absolute Gasteiger partial charge is 0.504 e. The summed E-state index contributed by atoms with van der Waals surface area (Å²) in [6, 6.07) is 6.26. The maximum absolute atomic E-state index is 12.7. The van der Waals surface area contributed by atoms with Crippen molar-refractivity contribution in [2.45, 2.75) is 20.4 Å². The van der Waals surface area contributed by atoms with E-state index in [1.54, 1.807) is 30.7 Å². The standard InChI is InChI=1S/C12H13FN2O/c1-8-12(16)9(2)15(14-8)7-10-3-5-11(13)6-4-10/h3-6,16H,7H2,1-2H3. The fourth-order valence-corrected chi connectivity index (χ4v) is 1.60. The molecule has 0 aliphatic rings. The van der Waals surface area contributed by atoms with Gasteiger partial charge in [0, 0.05) is 0 Å². The normalized spacial score (nSPS) is 10.7. The monoisotopic (exact) mass is 220 g/mol. The third-order valence-electron chi connectivity index (χ3n) is 2.59. The molecular formula is C12H13FN2O. The van der Waals surface area contributed by atoms with Gasteiger partial charge in [-0.05, 0) is 31.5 Å². The number of rotatable bonds is 2. The number of hydrogen-bond acceptors (Lipinski definition) is 2. The highest BCUT2D eigenvalue weighted by Gasteiger charge is 2.09. The van der Waals surface area contributed by atoms with Crippen LogP contribution in [0, 0.1) is 19.7 Å². The Morgan fingerprint density at radius 2 is 1.88 bits per heavy atom. The molecule has 16 heavy (non-hydrogen) atoms. The van der Waals surface area contributed by atoms with Gasteiger partial charge in [-0.3, -0.25) is 4.68 Å². The summed E-state index contributed by atoms with van der Waals surface area (Å²) in [6.07, 6.45) is 0. The quantitative estimate of drug-likeness (QED) is 0.843. The van der Waals surface area contributed by atoms with Crippen LogP contribution in [0.4, 0.5) is 4.39 Å². The van der Waals surface area contributed by atoms with Gasteiger partial charge < -0.3 is 5.11 Å². The molecule has 1 N–H and O–H groups in total. The van der Waals surface area contributed by atoms with Crippen molar-refractivity contribution < 1.29 is 9.50 Å². The molecule has 1 heterocycles. The van der Waals surface area contributed by atoms with Crippen molar-refractivity contribution in [3.63, 3.8) is 0 Å². The molecule has 0 bridgehead atoms. The predicted molar refractivity (Wildman–Crippen MR) is 58.9 cm³/mol. The number of aromatic nitrogens is 2. The smallest absolute Gasteiger partial charge is 0.159 e. The van der Waals surface area contributed by atoms with E-state index in [4.69, 9.17) is 0 Å². The first-order chi connectivity index (χ1) is 7.58. The molecule has 0 saturated heterocycles. The fraction of sp³-hybridized carbons (Fsp3) is 0.250. The molecule has 0 atom stereocenters. The van der Waals surface area contributed by atoms with Crippen LogP contribution in [0.5, 0.6) is 5.75 Å². The third kappa shape index (κ3) is 1.91. The number of benzene rings is 1. The Kier molecular flexibility index (Phi) is 2.64. The lowest BCUT2D eigenvalue weighted by Gasteiger charge is -2.04. The molecule has 4 heteroatoms. The summed E-state index contributed by atoms with van der Waals surface area (Å²) in [6.45, 7) is 4.09. The molecule has 0 spiro atoms. The first kappa shape index (κ1) is 10.7. The average Bonchev–Trinajstić information content (AvgIpc) is 2.50. The van der Waals surface area contributed by atoms with E-state index in [0.29, 0.717) is 12.2 Å². The molecule has 0 unspecified atom stereocenters. The maximum Gasteiger partial charge on any atom is 0.159 e. The van der Waals surface area contributed by atoms with Crippen LogP contribution < -0.4 is 0 Å². The van der Waals surface area contributed by atoms with Crippen molar-refractivity contribution in [1.29, 1.82) is 0 Å². The molecule has 0 amide bonds. The SMILES string of the molecule is Cc1nn(Cc2ccc(F)cc2)c(C)c1O.